The Kier molecular flexibility index (Phi) is 8.09. The summed E-state index contributed by atoms with van der Waals surface area (Å²) >= 11 is 0. The van der Waals surface area contributed by atoms with Crippen LogP contribution in [0.1, 0.15) is 54.9 Å². The first-order valence-corrected chi connectivity index (χ1v) is 11.5. The molecule has 1 N–H and O–H groups in total. The van der Waals surface area contributed by atoms with Crippen LogP contribution in [0.15, 0.2) is 47.3 Å². The Hall–Kier alpha value is -3.49. The van der Waals surface area contributed by atoms with E-state index in [1.807, 2.05) is 0 Å². The van der Waals surface area contributed by atoms with E-state index in [1.165, 1.54) is 35.8 Å². The van der Waals surface area contributed by atoms with Crippen molar-refractivity contribution < 1.29 is 27.8 Å². The molecular weight excluding hydrogens is 461 g/mol. The summed E-state index contributed by atoms with van der Waals surface area (Å²) < 4.78 is 45.8. The van der Waals surface area contributed by atoms with E-state index in [1.54, 1.807) is 18.2 Å². The van der Waals surface area contributed by atoms with Crippen LogP contribution in [0.25, 0.3) is 10.9 Å². The summed E-state index contributed by atoms with van der Waals surface area (Å²) in [7, 11) is 2.89. The van der Waals surface area contributed by atoms with Gasteiger partial charge in [-0.1, -0.05) is 38.7 Å². The average molecular weight is 491 g/mol. The number of aryl methyl sites for hydroxylation is 1. The molecule has 188 valence electrons. The lowest BCUT2D eigenvalue weighted by atomic mass is 10.1. The van der Waals surface area contributed by atoms with E-state index in [2.05, 4.69) is 6.92 Å². The number of fused-ring (bicyclic) bond motifs is 1. The minimum Gasteiger partial charge on any atom is -0.506 e. The second-order valence-electron chi connectivity index (χ2n) is 8.36. The Balaban J connectivity index is 2.09. The van der Waals surface area contributed by atoms with Gasteiger partial charge in [-0.3, -0.25) is 9.59 Å². The number of benzene rings is 2. The number of rotatable bonds is 9. The molecule has 0 fully saturated rings. The number of hydrogen-bond acceptors (Lipinski definition) is 4. The first-order valence-electron chi connectivity index (χ1n) is 11.5. The second kappa shape index (κ2) is 10.8. The van der Waals surface area contributed by atoms with Gasteiger partial charge in [-0.15, -0.1) is 0 Å². The summed E-state index contributed by atoms with van der Waals surface area (Å²) in [5, 5.41) is 11.2. The molecule has 0 atom stereocenters. The Morgan fingerprint density at radius 3 is 2.31 bits per heavy atom. The SMILES string of the molecule is CCCCCCCN(C(=O)c1c(O)c2c(OC)cccc2n(C)c1=O)c1ccc(C(F)(F)F)cc1. The number of carbonyl (C=O) groups is 1. The molecule has 0 aliphatic heterocycles. The van der Waals surface area contributed by atoms with Crippen molar-refractivity contribution in [3.63, 3.8) is 0 Å². The van der Waals surface area contributed by atoms with Gasteiger partial charge in [0, 0.05) is 19.3 Å². The number of nitrogens with zero attached hydrogens (tertiary/aromatic N) is 2. The standard InChI is InChI=1S/C26H29F3N2O4/c1-4-5-6-7-8-16-31(18-14-12-17(13-15-18)26(27,28)29)25(34)22-23(32)21-19(30(2)24(22)33)10-9-11-20(21)35-3/h9-15,32H,4-8,16H2,1-3H3. The van der Waals surface area contributed by atoms with Crippen molar-refractivity contribution in [1.29, 1.82) is 0 Å². The number of unbranched alkanes of at least 4 members (excludes halogenated alkanes) is 4. The third kappa shape index (κ3) is 5.44. The molecule has 3 rings (SSSR count). The molecule has 0 unspecified atom stereocenters. The number of pyridine rings is 1. The number of methoxy groups -OCH3 is 1. The predicted molar refractivity (Wildman–Crippen MR) is 129 cm³/mol. The van der Waals surface area contributed by atoms with Crippen LogP contribution < -0.4 is 15.2 Å². The Morgan fingerprint density at radius 2 is 1.71 bits per heavy atom. The number of alkyl halides is 3. The van der Waals surface area contributed by atoms with Crippen molar-refractivity contribution in [2.75, 3.05) is 18.6 Å². The van der Waals surface area contributed by atoms with Gasteiger partial charge in [-0.25, -0.2) is 0 Å². The molecule has 0 radical (unpaired) electrons. The van der Waals surface area contributed by atoms with E-state index in [9.17, 15) is 27.9 Å². The minimum atomic E-state index is -4.52. The molecule has 0 bridgehead atoms. The summed E-state index contributed by atoms with van der Waals surface area (Å²) in [6.07, 6.45) is -0.106. The highest BCUT2D eigenvalue weighted by atomic mass is 19.4. The van der Waals surface area contributed by atoms with Gasteiger partial charge in [0.15, 0.2) is 0 Å². The minimum absolute atomic E-state index is 0.181. The van der Waals surface area contributed by atoms with Gasteiger partial charge >= 0.3 is 6.18 Å². The topological polar surface area (TPSA) is 71.8 Å². The lowest BCUT2D eigenvalue weighted by Gasteiger charge is -2.24. The lowest BCUT2D eigenvalue weighted by Crippen LogP contribution is -2.37. The number of aromatic hydroxyl groups is 1. The first-order chi connectivity index (χ1) is 16.6. The van der Waals surface area contributed by atoms with Gasteiger partial charge in [0.1, 0.15) is 17.1 Å². The van der Waals surface area contributed by atoms with Gasteiger partial charge in [0.05, 0.1) is 23.6 Å². The molecule has 0 saturated carbocycles. The molecule has 9 heteroatoms. The van der Waals surface area contributed by atoms with Gasteiger partial charge in [0.2, 0.25) is 0 Å². The summed E-state index contributed by atoms with van der Waals surface area (Å²) in [5.74, 6) is -1.02. The smallest absolute Gasteiger partial charge is 0.416 e. The summed E-state index contributed by atoms with van der Waals surface area (Å²) in [6.45, 7) is 2.26. The Morgan fingerprint density at radius 1 is 1.06 bits per heavy atom. The fourth-order valence-electron chi connectivity index (χ4n) is 4.09. The number of halogens is 3. The van der Waals surface area contributed by atoms with E-state index in [4.69, 9.17) is 4.74 Å². The molecular formula is C26H29F3N2O4. The van der Waals surface area contributed by atoms with Crippen molar-refractivity contribution in [2.24, 2.45) is 7.05 Å². The molecule has 6 nitrogen and oxygen atoms in total. The molecule has 1 aromatic heterocycles. The number of hydrogen-bond donors (Lipinski definition) is 1. The van der Waals surface area contributed by atoms with Crippen molar-refractivity contribution in [3.8, 4) is 11.5 Å². The van der Waals surface area contributed by atoms with Gasteiger partial charge in [0.25, 0.3) is 11.5 Å². The third-order valence-corrected chi connectivity index (χ3v) is 6.03. The van der Waals surface area contributed by atoms with Crippen LogP contribution >= 0.6 is 0 Å². The number of anilines is 1. The monoisotopic (exact) mass is 490 g/mol. The lowest BCUT2D eigenvalue weighted by molar-refractivity contribution is -0.137. The fourth-order valence-corrected chi connectivity index (χ4v) is 4.09. The van der Waals surface area contributed by atoms with Gasteiger partial charge < -0.3 is 19.3 Å². The van der Waals surface area contributed by atoms with Crippen molar-refractivity contribution >= 4 is 22.5 Å². The maximum atomic E-state index is 13.7. The molecule has 3 aromatic rings. The van der Waals surface area contributed by atoms with Crippen LogP contribution in [0.2, 0.25) is 0 Å². The Bertz CT molecular complexity index is 1250. The molecule has 1 amide bonds. The zero-order valence-electron chi connectivity index (χ0n) is 20.0. The number of ether oxygens (including phenoxy) is 1. The predicted octanol–water partition coefficient (Wildman–Crippen LogP) is 5.89. The Labute approximate surface area is 201 Å². The molecule has 0 aliphatic rings. The zero-order chi connectivity index (χ0) is 25.8. The average Bonchev–Trinajstić information content (AvgIpc) is 2.84. The van der Waals surface area contributed by atoms with Crippen molar-refractivity contribution in [2.45, 2.75) is 45.2 Å². The maximum absolute atomic E-state index is 13.7. The summed E-state index contributed by atoms with van der Waals surface area (Å²) in [4.78, 5) is 28.1. The highest BCUT2D eigenvalue weighted by Gasteiger charge is 2.31. The number of aromatic nitrogens is 1. The zero-order valence-corrected chi connectivity index (χ0v) is 20.0. The second-order valence-corrected chi connectivity index (χ2v) is 8.36. The van der Waals surface area contributed by atoms with Crippen LogP contribution in [0, 0.1) is 0 Å². The maximum Gasteiger partial charge on any atom is 0.416 e. The summed E-state index contributed by atoms with van der Waals surface area (Å²) in [5.41, 5.74) is -1.43. The third-order valence-electron chi connectivity index (χ3n) is 6.03. The number of carbonyl (C=O) groups excluding carboxylic acids is 1. The van der Waals surface area contributed by atoms with Gasteiger partial charge in [-0.2, -0.15) is 13.2 Å². The van der Waals surface area contributed by atoms with Crippen LogP contribution in [-0.2, 0) is 13.2 Å². The highest BCUT2D eigenvalue weighted by Crippen LogP contribution is 2.35. The van der Waals surface area contributed by atoms with E-state index in [0.29, 0.717) is 11.9 Å². The quantitative estimate of drug-likeness (QED) is 0.380. The van der Waals surface area contributed by atoms with Crippen LogP contribution in [-0.4, -0.2) is 29.2 Å². The highest BCUT2D eigenvalue weighted by molar-refractivity contribution is 6.11. The van der Waals surface area contributed by atoms with Crippen molar-refractivity contribution in [3.05, 3.63) is 63.9 Å². The largest absolute Gasteiger partial charge is 0.506 e. The van der Waals surface area contributed by atoms with Crippen LogP contribution in [0.4, 0.5) is 18.9 Å². The molecule has 0 spiro atoms. The molecule has 2 aromatic carbocycles. The molecule has 35 heavy (non-hydrogen) atoms. The molecule has 1 heterocycles. The van der Waals surface area contributed by atoms with Crippen LogP contribution in [0.5, 0.6) is 11.5 Å². The fraction of sp³-hybridized carbons (Fsp3) is 0.385. The first kappa shape index (κ1) is 26.1. The molecule has 0 aliphatic carbocycles. The normalized spacial score (nSPS) is 11.6. The van der Waals surface area contributed by atoms with Gasteiger partial charge in [-0.05, 0) is 42.8 Å². The summed E-state index contributed by atoms with van der Waals surface area (Å²) in [6, 6.07) is 9.08. The van der Waals surface area contributed by atoms with Crippen LogP contribution in [0.3, 0.4) is 0 Å². The van der Waals surface area contributed by atoms with E-state index in [-0.39, 0.29) is 23.4 Å². The van der Waals surface area contributed by atoms with E-state index in [0.717, 1.165) is 37.8 Å². The van der Waals surface area contributed by atoms with E-state index >= 15 is 0 Å². The van der Waals surface area contributed by atoms with Crippen molar-refractivity contribution in [1.82, 2.24) is 4.57 Å². The molecule has 0 saturated heterocycles. The number of amides is 1. The van der Waals surface area contributed by atoms with E-state index < -0.39 is 34.5 Å².